The van der Waals surface area contributed by atoms with E-state index in [0.717, 1.165) is 66.5 Å². The molecular formula is C21H25N7OS. The number of aromatic nitrogens is 3. The van der Waals surface area contributed by atoms with Gasteiger partial charge in [0.25, 0.3) is 0 Å². The van der Waals surface area contributed by atoms with Crippen LogP contribution in [0.15, 0.2) is 53.1 Å². The number of pyridine rings is 2. The molecule has 0 unspecified atom stereocenters. The fourth-order valence-electron chi connectivity index (χ4n) is 2.98. The summed E-state index contributed by atoms with van der Waals surface area (Å²) in [6, 6.07) is 9.79. The topological polar surface area (TPSA) is 87.6 Å². The van der Waals surface area contributed by atoms with E-state index in [1.807, 2.05) is 42.8 Å². The van der Waals surface area contributed by atoms with Crippen molar-refractivity contribution in [2.75, 3.05) is 43.5 Å². The fourth-order valence-corrected chi connectivity index (χ4v) is 3.69. The number of hydrogen-bond donors (Lipinski definition) is 2. The lowest BCUT2D eigenvalue weighted by Crippen LogP contribution is -2.35. The van der Waals surface area contributed by atoms with E-state index in [1.54, 1.807) is 23.7 Å². The SMILES string of the molecule is CN(CCCOc1cccnc1)c1cccc(-c2csc(NC3=NCCCN3)n2)n1. The average Bonchev–Trinajstić information content (AvgIpc) is 3.26. The Morgan fingerprint density at radius 1 is 1.20 bits per heavy atom. The zero-order valence-corrected chi connectivity index (χ0v) is 17.7. The van der Waals surface area contributed by atoms with Crippen molar-refractivity contribution in [3.05, 3.63) is 48.1 Å². The van der Waals surface area contributed by atoms with Gasteiger partial charge in [-0.25, -0.2) is 9.97 Å². The molecule has 4 heterocycles. The Morgan fingerprint density at radius 3 is 3.00 bits per heavy atom. The second-order valence-corrected chi connectivity index (χ2v) is 7.72. The largest absolute Gasteiger partial charge is 0.492 e. The number of nitrogens with one attached hydrogen (secondary N) is 2. The van der Waals surface area contributed by atoms with Gasteiger partial charge >= 0.3 is 0 Å². The number of aliphatic imine (C=N–C) groups is 1. The summed E-state index contributed by atoms with van der Waals surface area (Å²) in [5.74, 6) is 2.49. The number of nitrogens with zero attached hydrogens (tertiary/aromatic N) is 5. The molecule has 0 fully saturated rings. The third-order valence-electron chi connectivity index (χ3n) is 4.56. The molecule has 1 aliphatic rings. The minimum absolute atomic E-state index is 0.634. The normalized spacial score (nSPS) is 13.3. The van der Waals surface area contributed by atoms with Crippen LogP contribution in [-0.2, 0) is 0 Å². The van der Waals surface area contributed by atoms with E-state index < -0.39 is 0 Å². The maximum Gasteiger partial charge on any atom is 0.197 e. The fraction of sp³-hybridized carbons (Fsp3) is 0.333. The third-order valence-corrected chi connectivity index (χ3v) is 5.31. The van der Waals surface area contributed by atoms with Crippen molar-refractivity contribution in [1.82, 2.24) is 20.3 Å². The number of guanidine groups is 1. The predicted octanol–water partition coefficient (Wildman–Crippen LogP) is 3.27. The minimum Gasteiger partial charge on any atom is -0.492 e. The highest BCUT2D eigenvalue weighted by Crippen LogP contribution is 2.25. The Labute approximate surface area is 180 Å². The van der Waals surface area contributed by atoms with Crippen LogP contribution in [0.3, 0.4) is 0 Å². The summed E-state index contributed by atoms with van der Waals surface area (Å²) in [4.78, 5) is 20.1. The maximum atomic E-state index is 5.71. The first-order chi connectivity index (χ1) is 14.8. The van der Waals surface area contributed by atoms with Gasteiger partial charge in [0.1, 0.15) is 17.3 Å². The summed E-state index contributed by atoms with van der Waals surface area (Å²) >= 11 is 1.55. The molecule has 3 aromatic heterocycles. The molecule has 1 aliphatic heterocycles. The number of hydrogen-bond acceptors (Lipinski definition) is 9. The Bertz CT molecular complexity index is 976. The van der Waals surface area contributed by atoms with Crippen LogP contribution < -0.4 is 20.3 Å². The quantitative estimate of drug-likeness (QED) is 0.538. The molecule has 0 radical (unpaired) electrons. The highest BCUT2D eigenvalue weighted by molar-refractivity contribution is 7.14. The van der Waals surface area contributed by atoms with Crippen LogP contribution in [0.5, 0.6) is 5.75 Å². The van der Waals surface area contributed by atoms with E-state index >= 15 is 0 Å². The number of ether oxygens (including phenoxy) is 1. The molecule has 0 aromatic carbocycles. The zero-order chi connectivity index (χ0) is 20.6. The van der Waals surface area contributed by atoms with Gasteiger partial charge in [0.15, 0.2) is 11.1 Å². The van der Waals surface area contributed by atoms with E-state index in [4.69, 9.17) is 9.72 Å². The molecule has 30 heavy (non-hydrogen) atoms. The maximum absolute atomic E-state index is 5.71. The van der Waals surface area contributed by atoms with Crippen LogP contribution >= 0.6 is 11.3 Å². The molecule has 0 saturated carbocycles. The van der Waals surface area contributed by atoms with E-state index in [2.05, 4.69) is 30.5 Å². The Hall–Kier alpha value is -3.20. The van der Waals surface area contributed by atoms with E-state index in [9.17, 15) is 0 Å². The molecule has 0 saturated heterocycles. The van der Waals surface area contributed by atoms with Crippen molar-refractivity contribution in [2.45, 2.75) is 12.8 Å². The predicted molar refractivity (Wildman–Crippen MR) is 122 cm³/mol. The molecule has 8 nitrogen and oxygen atoms in total. The minimum atomic E-state index is 0.634. The highest BCUT2D eigenvalue weighted by Gasteiger charge is 2.11. The van der Waals surface area contributed by atoms with E-state index in [0.29, 0.717) is 6.61 Å². The molecule has 9 heteroatoms. The molecule has 0 spiro atoms. The van der Waals surface area contributed by atoms with Crippen LogP contribution in [0.2, 0.25) is 0 Å². The zero-order valence-electron chi connectivity index (χ0n) is 16.9. The Kier molecular flexibility index (Phi) is 6.71. The number of thiazole rings is 1. The van der Waals surface area contributed by atoms with Gasteiger partial charge in [-0.15, -0.1) is 11.3 Å². The van der Waals surface area contributed by atoms with Crippen LogP contribution in [0, 0.1) is 0 Å². The van der Waals surface area contributed by atoms with Crippen LogP contribution in [-0.4, -0.2) is 54.2 Å². The molecule has 2 N–H and O–H groups in total. The summed E-state index contributed by atoms with van der Waals surface area (Å²) in [5.41, 5.74) is 1.71. The summed E-state index contributed by atoms with van der Waals surface area (Å²) in [6.07, 6.45) is 5.41. The Balaban J connectivity index is 1.32. The second kappa shape index (κ2) is 10.0. The summed E-state index contributed by atoms with van der Waals surface area (Å²) < 4.78 is 5.71. The van der Waals surface area contributed by atoms with Gasteiger partial charge in [-0.05, 0) is 37.1 Å². The molecule has 0 amide bonds. The summed E-state index contributed by atoms with van der Waals surface area (Å²) in [6.45, 7) is 3.25. The summed E-state index contributed by atoms with van der Waals surface area (Å²) in [5, 5.41) is 9.32. The van der Waals surface area contributed by atoms with Gasteiger partial charge in [0.05, 0.1) is 18.5 Å². The monoisotopic (exact) mass is 423 g/mol. The van der Waals surface area contributed by atoms with Crippen molar-refractivity contribution in [3.63, 3.8) is 0 Å². The molecule has 156 valence electrons. The standard InChI is InChI=1S/C21H25N7OS/c1-28(12-5-13-29-16-6-3-9-22-14-16)19-8-2-7-17(25-19)18-15-30-21(26-18)27-20-23-10-4-11-24-20/h2-3,6-9,14-15H,4-5,10-13H2,1H3,(H2,23,24,26,27). The lowest BCUT2D eigenvalue weighted by Gasteiger charge is -2.18. The van der Waals surface area contributed by atoms with Gasteiger partial charge in [-0.2, -0.15) is 0 Å². The first-order valence-corrected chi connectivity index (χ1v) is 10.9. The molecular weight excluding hydrogens is 398 g/mol. The average molecular weight is 424 g/mol. The highest BCUT2D eigenvalue weighted by atomic mass is 32.1. The lowest BCUT2D eigenvalue weighted by molar-refractivity contribution is 0.311. The van der Waals surface area contributed by atoms with Gasteiger partial charge in [0, 0.05) is 38.3 Å². The van der Waals surface area contributed by atoms with Crippen molar-refractivity contribution < 1.29 is 4.74 Å². The molecule has 4 rings (SSSR count). The van der Waals surface area contributed by atoms with Gasteiger partial charge < -0.3 is 20.3 Å². The number of anilines is 2. The van der Waals surface area contributed by atoms with Gasteiger partial charge in [-0.3, -0.25) is 9.98 Å². The van der Waals surface area contributed by atoms with Crippen molar-refractivity contribution in [2.24, 2.45) is 4.99 Å². The number of rotatable bonds is 8. The second-order valence-electron chi connectivity index (χ2n) is 6.87. The van der Waals surface area contributed by atoms with E-state index in [-0.39, 0.29) is 0 Å². The molecule has 0 bridgehead atoms. The first kappa shape index (κ1) is 20.1. The van der Waals surface area contributed by atoms with E-state index in [1.165, 1.54) is 0 Å². The van der Waals surface area contributed by atoms with Crippen LogP contribution in [0.25, 0.3) is 11.4 Å². The first-order valence-electron chi connectivity index (χ1n) is 10.0. The van der Waals surface area contributed by atoms with Crippen LogP contribution in [0.1, 0.15) is 12.8 Å². The van der Waals surface area contributed by atoms with Gasteiger partial charge in [0.2, 0.25) is 0 Å². The van der Waals surface area contributed by atoms with Crippen molar-refractivity contribution in [3.8, 4) is 17.1 Å². The Morgan fingerprint density at radius 2 is 2.17 bits per heavy atom. The summed E-state index contributed by atoms with van der Waals surface area (Å²) in [7, 11) is 2.04. The van der Waals surface area contributed by atoms with Crippen molar-refractivity contribution in [1.29, 1.82) is 0 Å². The van der Waals surface area contributed by atoms with Gasteiger partial charge in [-0.1, -0.05) is 6.07 Å². The van der Waals surface area contributed by atoms with Crippen LogP contribution in [0.4, 0.5) is 10.9 Å². The molecule has 0 atom stereocenters. The molecule has 0 aliphatic carbocycles. The van der Waals surface area contributed by atoms with Crippen molar-refractivity contribution >= 4 is 28.2 Å². The third kappa shape index (κ3) is 5.44. The smallest absolute Gasteiger partial charge is 0.197 e. The molecule has 3 aromatic rings. The lowest BCUT2D eigenvalue weighted by atomic mass is 10.3.